The van der Waals surface area contributed by atoms with Gasteiger partial charge in [0, 0.05) is 7.11 Å². The Hall–Kier alpha value is -1.68. The lowest BCUT2D eigenvalue weighted by Crippen LogP contribution is -2.36. The predicted molar refractivity (Wildman–Crippen MR) is 69.1 cm³/mol. The summed E-state index contributed by atoms with van der Waals surface area (Å²) >= 11 is 0. The molecule has 0 saturated heterocycles. The smallest absolute Gasteiger partial charge is 0.145 e. The molecule has 0 fully saturated rings. The standard InChI is InChI=1S/C13H17N3O/c1-13(2,9-17-3)16-12-8-14-10-6-4-5-7-11(10)15-12/h4-8H,9H2,1-3H3,(H,15,16). The molecule has 1 N–H and O–H groups in total. The highest BCUT2D eigenvalue weighted by Crippen LogP contribution is 2.15. The van der Waals surface area contributed by atoms with Crippen molar-refractivity contribution < 1.29 is 4.74 Å². The molecule has 90 valence electrons. The Balaban J connectivity index is 2.25. The summed E-state index contributed by atoms with van der Waals surface area (Å²) in [4.78, 5) is 8.87. The monoisotopic (exact) mass is 231 g/mol. The number of nitrogens with zero attached hydrogens (tertiary/aromatic N) is 2. The second-order valence-electron chi connectivity index (χ2n) is 4.69. The first-order chi connectivity index (χ1) is 8.11. The van der Waals surface area contributed by atoms with Crippen molar-refractivity contribution in [1.29, 1.82) is 0 Å². The first-order valence-electron chi connectivity index (χ1n) is 5.60. The van der Waals surface area contributed by atoms with E-state index < -0.39 is 0 Å². The molecule has 0 amide bonds. The third-order valence-corrected chi connectivity index (χ3v) is 2.42. The molecule has 2 rings (SSSR count). The number of nitrogens with one attached hydrogen (secondary N) is 1. The maximum atomic E-state index is 5.16. The minimum absolute atomic E-state index is 0.161. The van der Waals surface area contributed by atoms with Crippen LogP contribution in [0.25, 0.3) is 11.0 Å². The van der Waals surface area contributed by atoms with Crippen molar-refractivity contribution in [3.8, 4) is 0 Å². The molecule has 4 heteroatoms. The highest BCUT2D eigenvalue weighted by molar-refractivity contribution is 5.75. The van der Waals surface area contributed by atoms with E-state index in [2.05, 4.69) is 29.1 Å². The van der Waals surface area contributed by atoms with Gasteiger partial charge < -0.3 is 10.1 Å². The molecule has 0 aliphatic rings. The molecule has 0 atom stereocenters. The van der Waals surface area contributed by atoms with Crippen LogP contribution < -0.4 is 5.32 Å². The summed E-state index contributed by atoms with van der Waals surface area (Å²) in [7, 11) is 1.69. The molecule has 0 bridgehead atoms. The van der Waals surface area contributed by atoms with Gasteiger partial charge in [0.25, 0.3) is 0 Å². The molecule has 1 heterocycles. The highest BCUT2D eigenvalue weighted by Gasteiger charge is 2.17. The summed E-state index contributed by atoms with van der Waals surface area (Å²) in [5.41, 5.74) is 1.64. The summed E-state index contributed by atoms with van der Waals surface area (Å²) < 4.78 is 5.16. The first kappa shape index (κ1) is 11.8. The normalized spacial score (nSPS) is 11.7. The van der Waals surface area contributed by atoms with Gasteiger partial charge in [-0.25, -0.2) is 4.98 Å². The van der Waals surface area contributed by atoms with Crippen LogP contribution in [0, 0.1) is 0 Å². The topological polar surface area (TPSA) is 47.0 Å². The lowest BCUT2D eigenvalue weighted by molar-refractivity contribution is 0.158. The number of anilines is 1. The summed E-state index contributed by atoms with van der Waals surface area (Å²) in [6.07, 6.45) is 1.75. The SMILES string of the molecule is COCC(C)(C)Nc1cnc2ccccc2n1. The lowest BCUT2D eigenvalue weighted by Gasteiger charge is -2.25. The van der Waals surface area contributed by atoms with E-state index in [4.69, 9.17) is 4.74 Å². The summed E-state index contributed by atoms with van der Waals surface area (Å²) in [5.74, 6) is 0.769. The summed E-state index contributed by atoms with van der Waals surface area (Å²) in [6.45, 7) is 4.74. The van der Waals surface area contributed by atoms with E-state index >= 15 is 0 Å². The number of para-hydroxylation sites is 2. The van der Waals surface area contributed by atoms with E-state index in [0.29, 0.717) is 6.61 Å². The number of aromatic nitrogens is 2. The molecule has 1 aromatic carbocycles. The van der Waals surface area contributed by atoms with Gasteiger partial charge in [0.05, 0.1) is 29.4 Å². The van der Waals surface area contributed by atoms with Crippen LogP contribution in [-0.4, -0.2) is 29.2 Å². The van der Waals surface area contributed by atoms with E-state index in [1.54, 1.807) is 13.3 Å². The average molecular weight is 231 g/mol. The zero-order chi connectivity index (χ0) is 12.3. The zero-order valence-electron chi connectivity index (χ0n) is 10.4. The maximum Gasteiger partial charge on any atom is 0.145 e. The van der Waals surface area contributed by atoms with E-state index in [-0.39, 0.29) is 5.54 Å². The van der Waals surface area contributed by atoms with Crippen LogP contribution in [0.15, 0.2) is 30.5 Å². The molecule has 0 aliphatic carbocycles. The number of benzene rings is 1. The lowest BCUT2D eigenvalue weighted by atomic mass is 10.1. The van der Waals surface area contributed by atoms with Crippen molar-refractivity contribution >= 4 is 16.9 Å². The Morgan fingerprint density at radius 1 is 1.24 bits per heavy atom. The van der Waals surface area contributed by atoms with E-state index in [1.807, 2.05) is 24.3 Å². The molecule has 0 saturated carbocycles. The van der Waals surface area contributed by atoms with Crippen LogP contribution in [0.3, 0.4) is 0 Å². The van der Waals surface area contributed by atoms with Gasteiger partial charge in [-0.2, -0.15) is 0 Å². The second kappa shape index (κ2) is 4.67. The number of ether oxygens (including phenoxy) is 1. The van der Waals surface area contributed by atoms with Crippen molar-refractivity contribution in [2.75, 3.05) is 19.0 Å². The Bertz CT molecular complexity index is 511. The number of fused-ring (bicyclic) bond motifs is 1. The minimum Gasteiger partial charge on any atom is -0.382 e. The fourth-order valence-corrected chi connectivity index (χ4v) is 1.76. The third kappa shape index (κ3) is 2.91. The largest absolute Gasteiger partial charge is 0.382 e. The van der Waals surface area contributed by atoms with Gasteiger partial charge in [-0.15, -0.1) is 0 Å². The first-order valence-corrected chi connectivity index (χ1v) is 5.60. The Labute approximate surface area is 101 Å². The summed E-state index contributed by atoms with van der Waals surface area (Å²) in [6, 6.07) is 7.82. The Morgan fingerprint density at radius 2 is 1.94 bits per heavy atom. The highest BCUT2D eigenvalue weighted by atomic mass is 16.5. The van der Waals surface area contributed by atoms with Gasteiger partial charge >= 0.3 is 0 Å². The molecule has 0 unspecified atom stereocenters. The van der Waals surface area contributed by atoms with Crippen molar-refractivity contribution in [2.24, 2.45) is 0 Å². The molecule has 0 spiro atoms. The summed E-state index contributed by atoms with van der Waals surface area (Å²) in [5, 5.41) is 3.31. The Morgan fingerprint density at radius 3 is 2.65 bits per heavy atom. The molecule has 17 heavy (non-hydrogen) atoms. The second-order valence-corrected chi connectivity index (χ2v) is 4.69. The maximum absolute atomic E-state index is 5.16. The number of rotatable bonds is 4. The molecule has 0 aliphatic heterocycles. The number of hydrogen-bond acceptors (Lipinski definition) is 4. The van der Waals surface area contributed by atoms with E-state index in [0.717, 1.165) is 16.9 Å². The predicted octanol–water partition coefficient (Wildman–Crippen LogP) is 2.47. The quantitative estimate of drug-likeness (QED) is 0.878. The minimum atomic E-state index is -0.161. The van der Waals surface area contributed by atoms with E-state index in [9.17, 15) is 0 Å². The van der Waals surface area contributed by atoms with Crippen LogP contribution in [0.2, 0.25) is 0 Å². The number of hydrogen-bond donors (Lipinski definition) is 1. The molecule has 4 nitrogen and oxygen atoms in total. The average Bonchev–Trinajstić information content (AvgIpc) is 2.28. The van der Waals surface area contributed by atoms with Crippen LogP contribution in [0.1, 0.15) is 13.8 Å². The van der Waals surface area contributed by atoms with Gasteiger partial charge in [0.15, 0.2) is 0 Å². The van der Waals surface area contributed by atoms with Crippen LogP contribution in [0.5, 0.6) is 0 Å². The van der Waals surface area contributed by atoms with Crippen LogP contribution in [0.4, 0.5) is 5.82 Å². The van der Waals surface area contributed by atoms with Crippen molar-refractivity contribution in [2.45, 2.75) is 19.4 Å². The third-order valence-electron chi connectivity index (χ3n) is 2.42. The van der Waals surface area contributed by atoms with Crippen LogP contribution in [-0.2, 0) is 4.74 Å². The molecule has 0 radical (unpaired) electrons. The molecule has 2 aromatic rings. The fourth-order valence-electron chi connectivity index (χ4n) is 1.76. The van der Waals surface area contributed by atoms with Gasteiger partial charge in [-0.1, -0.05) is 12.1 Å². The zero-order valence-corrected chi connectivity index (χ0v) is 10.4. The van der Waals surface area contributed by atoms with Crippen molar-refractivity contribution in [3.63, 3.8) is 0 Å². The van der Waals surface area contributed by atoms with Gasteiger partial charge in [-0.05, 0) is 26.0 Å². The molecular formula is C13H17N3O. The Kier molecular flexibility index (Phi) is 3.24. The van der Waals surface area contributed by atoms with E-state index in [1.165, 1.54) is 0 Å². The van der Waals surface area contributed by atoms with Gasteiger partial charge in [0.2, 0.25) is 0 Å². The molecule has 1 aromatic heterocycles. The fraction of sp³-hybridized carbons (Fsp3) is 0.385. The van der Waals surface area contributed by atoms with Crippen molar-refractivity contribution in [1.82, 2.24) is 9.97 Å². The van der Waals surface area contributed by atoms with Gasteiger partial charge in [-0.3, -0.25) is 4.98 Å². The van der Waals surface area contributed by atoms with Gasteiger partial charge in [0.1, 0.15) is 5.82 Å². The van der Waals surface area contributed by atoms with Crippen molar-refractivity contribution in [3.05, 3.63) is 30.5 Å². The molecular weight excluding hydrogens is 214 g/mol. The number of methoxy groups -OCH3 is 1. The van der Waals surface area contributed by atoms with Crippen LogP contribution >= 0.6 is 0 Å².